The first kappa shape index (κ1) is 21.8. The summed E-state index contributed by atoms with van der Waals surface area (Å²) in [5.41, 5.74) is 3.13. The number of nitrogens with one attached hydrogen (secondary N) is 1. The molecule has 11 heteroatoms. The van der Waals surface area contributed by atoms with E-state index in [4.69, 9.17) is 9.72 Å². The summed E-state index contributed by atoms with van der Waals surface area (Å²) < 4.78 is 32.5. The summed E-state index contributed by atoms with van der Waals surface area (Å²) in [4.78, 5) is 22.9. The van der Waals surface area contributed by atoms with Gasteiger partial charge in [0.1, 0.15) is 11.6 Å². The summed E-state index contributed by atoms with van der Waals surface area (Å²) in [6.07, 6.45) is 0.362. The minimum atomic E-state index is -2.94. The monoisotopic (exact) mass is 480 g/mol. The number of alkyl halides is 2. The molecule has 0 bridgehead atoms. The number of anilines is 1. The standard InChI is InChI=1S/C23H18F2N6O2S/c24-21(25)33-19-4-2-1-3-15(19)12-31-18-9-14(11-26)5-6-17(18)29-20(31)10-16-13-34-23(28-16)30-8-7-27-22(30)32/h1-6,9,13,21H,7-8,10,12H2,(H,27,32). The van der Waals surface area contributed by atoms with Crippen LogP contribution in [-0.4, -0.2) is 40.3 Å². The quantitative estimate of drug-likeness (QED) is 0.429. The first-order valence-electron chi connectivity index (χ1n) is 10.4. The number of hydrogen-bond acceptors (Lipinski definition) is 6. The van der Waals surface area contributed by atoms with Crippen molar-refractivity contribution in [1.82, 2.24) is 19.9 Å². The van der Waals surface area contributed by atoms with Gasteiger partial charge in [-0.05, 0) is 24.3 Å². The Morgan fingerprint density at radius 3 is 2.85 bits per heavy atom. The van der Waals surface area contributed by atoms with Crippen LogP contribution in [0.3, 0.4) is 0 Å². The molecule has 172 valence electrons. The molecular weight excluding hydrogens is 462 g/mol. The van der Waals surface area contributed by atoms with Crippen LogP contribution in [0.1, 0.15) is 22.6 Å². The number of imidazole rings is 1. The molecule has 2 amide bonds. The van der Waals surface area contributed by atoms with Gasteiger partial charge >= 0.3 is 12.6 Å². The van der Waals surface area contributed by atoms with Crippen molar-refractivity contribution in [3.63, 3.8) is 0 Å². The number of halogens is 2. The highest BCUT2D eigenvalue weighted by Gasteiger charge is 2.24. The first-order valence-corrected chi connectivity index (χ1v) is 11.3. The lowest BCUT2D eigenvalue weighted by molar-refractivity contribution is -0.0504. The number of aromatic nitrogens is 3. The number of hydrogen-bond donors (Lipinski definition) is 1. The maximum Gasteiger partial charge on any atom is 0.387 e. The summed E-state index contributed by atoms with van der Waals surface area (Å²) >= 11 is 1.37. The van der Waals surface area contributed by atoms with E-state index in [-0.39, 0.29) is 18.3 Å². The molecule has 0 radical (unpaired) electrons. The molecule has 0 unspecified atom stereocenters. The normalized spacial score (nSPS) is 13.5. The van der Waals surface area contributed by atoms with Gasteiger partial charge in [0.2, 0.25) is 0 Å². The number of rotatable bonds is 7. The van der Waals surface area contributed by atoms with Crippen molar-refractivity contribution in [2.24, 2.45) is 0 Å². The molecule has 5 rings (SSSR count). The van der Waals surface area contributed by atoms with Crippen molar-refractivity contribution >= 4 is 33.5 Å². The molecule has 0 aliphatic carbocycles. The average molecular weight is 481 g/mol. The van der Waals surface area contributed by atoms with Gasteiger partial charge in [0.15, 0.2) is 5.13 Å². The lowest BCUT2D eigenvalue weighted by Gasteiger charge is -2.13. The maximum atomic E-state index is 12.9. The molecular formula is C23H18F2N6O2S. The van der Waals surface area contributed by atoms with Gasteiger partial charge in [-0.15, -0.1) is 11.3 Å². The van der Waals surface area contributed by atoms with Crippen molar-refractivity contribution in [2.45, 2.75) is 19.6 Å². The highest BCUT2D eigenvalue weighted by atomic mass is 32.1. The second kappa shape index (κ2) is 9.07. The number of amides is 2. The third-order valence-electron chi connectivity index (χ3n) is 5.44. The van der Waals surface area contributed by atoms with Gasteiger partial charge in [-0.25, -0.2) is 14.8 Å². The molecule has 1 aliphatic heterocycles. The van der Waals surface area contributed by atoms with Crippen LogP contribution >= 0.6 is 11.3 Å². The fourth-order valence-corrected chi connectivity index (χ4v) is 4.74. The Morgan fingerprint density at radius 1 is 1.24 bits per heavy atom. The predicted molar refractivity (Wildman–Crippen MR) is 122 cm³/mol. The topological polar surface area (TPSA) is 96.1 Å². The molecule has 1 N–H and O–H groups in total. The largest absolute Gasteiger partial charge is 0.434 e. The molecule has 3 heterocycles. The van der Waals surface area contributed by atoms with E-state index in [1.807, 2.05) is 9.95 Å². The van der Waals surface area contributed by atoms with Crippen molar-refractivity contribution in [3.8, 4) is 11.8 Å². The van der Waals surface area contributed by atoms with Crippen LogP contribution in [0.4, 0.5) is 18.7 Å². The Hall–Kier alpha value is -4.04. The number of para-hydroxylation sites is 1. The lowest BCUT2D eigenvalue weighted by Crippen LogP contribution is -2.27. The second-order valence-corrected chi connectivity index (χ2v) is 8.43. The van der Waals surface area contributed by atoms with Crippen molar-refractivity contribution in [3.05, 3.63) is 70.5 Å². The molecule has 4 aromatic rings. The van der Waals surface area contributed by atoms with E-state index in [0.717, 1.165) is 5.69 Å². The fraction of sp³-hybridized carbons (Fsp3) is 0.217. The van der Waals surface area contributed by atoms with Gasteiger partial charge < -0.3 is 14.6 Å². The average Bonchev–Trinajstić information content (AvgIpc) is 3.54. The molecule has 0 atom stereocenters. The SMILES string of the molecule is N#Cc1ccc2nc(Cc3csc(N4CCNC4=O)n3)n(Cc3ccccc3OC(F)F)c2c1. The smallest absolute Gasteiger partial charge is 0.387 e. The zero-order chi connectivity index (χ0) is 23.7. The fourth-order valence-electron chi connectivity index (χ4n) is 3.89. The zero-order valence-corrected chi connectivity index (χ0v) is 18.6. The Kier molecular flexibility index (Phi) is 5.81. The maximum absolute atomic E-state index is 12.9. The van der Waals surface area contributed by atoms with Gasteiger partial charge in [0.05, 0.1) is 34.9 Å². The van der Waals surface area contributed by atoms with Crippen LogP contribution in [0.2, 0.25) is 0 Å². The second-order valence-electron chi connectivity index (χ2n) is 7.60. The molecule has 2 aromatic heterocycles. The highest BCUT2D eigenvalue weighted by molar-refractivity contribution is 7.14. The van der Waals surface area contributed by atoms with Gasteiger partial charge in [-0.3, -0.25) is 4.90 Å². The molecule has 1 aliphatic rings. The van der Waals surface area contributed by atoms with Crippen LogP contribution in [0.5, 0.6) is 5.75 Å². The first-order chi connectivity index (χ1) is 16.5. The number of carbonyl (C=O) groups is 1. The third-order valence-corrected chi connectivity index (χ3v) is 6.35. The minimum Gasteiger partial charge on any atom is -0.434 e. The number of ether oxygens (including phenoxy) is 1. The third kappa shape index (κ3) is 4.27. The minimum absolute atomic E-state index is 0.0812. The van der Waals surface area contributed by atoms with Gasteiger partial charge in [-0.1, -0.05) is 18.2 Å². The summed E-state index contributed by atoms with van der Waals surface area (Å²) in [5, 5.41) is 14.6. The Balaban J connectivity index is 1.53. The van der Waals surface area contributed by atoms with Crippen LogP contribution in [-0.2, 0) is 13.0 Å². The van der Waals surface area contributed by atoms with Crippen LogP contribution in [0.25, 0.3) is 11.0 Å². The van der Waals surface area contributed by atoms with Crippen molar-refractivity contribution < 1.29 is 18.3 Å². The number of carbonyl (C=O) groups excluding carboxylic acids is 1. The van der Waals surface area contributed by atoms with E-state index < -0.39 is 6.61 Å². The van der Waals surface area contributed by atoms with Crippen LogP contribution in [0, 0.1) is 11.3 Å². The van der Waals surface area contributed by atoms with E-state index in [2.05, 4.69) is 16.4 Å². The van der Waals surface area contributed by atoms with Crippen LogP contribution < -0.4 is 15.0 Å². The van der Waals surface area contributed by atoms with Gasteiger partial charge in [0.25, 0.3) is 0 Å². The molecule has 1 saturated heterocycles. The van der Waals surface area contributed by atoms with Crippen molar-refractivity contribution in [2.75, 3.05) is 18.0 Å². The Bertz CT molecular complexity index is 1410. The molecule has 8 nitrogen and oxygen atoms in total. The number of nitrogens with zero attached hydrogens (tertiary/aromatic N) is 5. The van der Waals surface area contributed by atoms with E-state index in [9.17, 15) is 18.8 Å². The van der Waals surface area contributed by atoms with E-state index in [1.54, 1.807) is 41.3 Å². The Morgan fingerprint density at radius 2 is 2.09 bits per heavy atom. The molecule has 2 aromatic carbocycles. The molecule has 1 fully saturated rings. The number of nitriles is 1. The van der Waals surface area contributed by atoms with Crippen molar-refractivity contribution in [1.29, 1.82) is 5.26 Å². The molecule has 0 saturated carbocycles. The number of urea groups is 1. The summed E-state index contributed by atoms with van der Waals surface area (Å²) in [5.74, 6) is 0.734. The zero-order valence-electron chi connectivity index (χ0n) is 17.7. The lowest BCUT2D eigenvalue weighted by atomic mass is 10.1. The van der Waals surface area contributed by atoms with Crippen LogP contribution in [0.15, 0.2) is 47.8 Å². The van der Waals surface area contributed by atoms with E-state index >= 15 is 0 Å². The summed E-state index contributed by atoms with van der Waals surface area (Å²) in [6.45, 7) is -1.59. The molecule has 0 spiro atoms. The number of benzene rings is 2. The van der Waals surface area contributed by atoms with Gasteiger partial charge in [0, 0.05) is 30.5 Å². The Labute approximate surface area is 197 Å². The number of fused-ring (bicyclic) bond motifs is 1. The highest BCUT2D eigenvalue weighted by Crippen LogP contribution is 2.28. The van der Waals surface area contributed by atoms with E-state index in [0.29, 0.717) is 52.6 Å². The van der Waals surface area contributed by atoms with Gasteiger partial charge in [-0.2, -0.15) is 14.0 Å². The number of thiazole rings is 1. The van der Waals surface area contributed by atoms with E-state index in [1.165, 1.54) is 17.4 Å². The predicted octanol–water partition coefficient (Wildman–Crippen LogP) is 4.13. The summed E-state index contributed by atoms with van der Waals surface area (Å²) in [7, 11) is 0. The summed E-state index contributed by atoms with van der Waals surface area (Å²) in [6, 6.07) is 13.7. The molecule has 34 heavy (non-hydrogen) atoms.